The first kappa shape index (κ1) is 13.6. The Morgan fingerprint density at radius 3 is 2.96 bits per heavy atom. The van der Waals surface area contributed by atoms with Crippen LogP contribution >= 0.6 is 38.5 Å². The molecule has 0 bridgehead atoms. The molecule has 0 aliphatic carbocycles. The highest BCUT2D eigenvalue weighted by molar-refractivity contribution is 14.1. The zero-order valence-electron chi connectivity index (χ0n) is 15.3. The molecule has 2 aromatic heterocycles. The summed E-state index contributed by atoms with van der Waals surface area (Å²) in [5, 5.41) is 2.44. The van der Waals surface area contributed by atoms with E-state index < -0.39 is 18.7 Å². The second-order valence-corrected chi connectivity index (χ2v) is 6.96. The molecule has 0 fully saturated rings. The van der Waals surface area contributed by atoms with Gasteiger partial charge in [0.05, 0.1) is 24.6 Å². The second kappa shape index (κ2) is 6.32. The zero-order valence-corrected chi connectivity index (χ0v) is 16.1. The minimum Gasteiger partial charge on any atom is -0.383 e. The summed E-state index contributed by atoms with van der Waals surface area (Å²) in [6.45, 7) is -2.69. The molecule has 3 rings (SSSR count). The van der Waals surface area contributed by atoms with Crippen molar-refractivity contribution in [3.05, 3.63) is 43.9 Å². The number of pyridine rings is 1. The Morgan fingerprint density at radius 1 is 1.54 bits per heavy atom. The van der Waals surface area contributed by atoms with Crippen LogP contribution in [0.4, 0.5) is 10.2 Å². The second-order valence-electron chi connectivity index (χ2n) is 5.09. The van der Waals surface area contributed by atoms with E-state index in [4.69, 9.17) is 9.85 Å². The molecule has 0 spiro atoms. The number of aryl methyl sites for hydroxylation is 1. The fraction of sp³-hybridized carbons (Fsp3) is 0.125. The third-order valence-electron chi connectivity index (χ3n) is 3.74. The predicted molar refractivity (Wildman–Crippen MR) is 104 cm³/mol. The average molecular weight is 506 g/mol. The third-order valence-corrected chi connectivity index (χ3v) is 5.58. The first-order valence-electron chi connectivity index (χ1n) is 8.21. The van der Waals surface area contributed by atoms with Gasteiger partial charge in [-0.1, -0.05) is 6.07 Å². The molecule has 3 N–H and O–H groups in total. The van der Waals surface area contributed by atoms with Crippen LogP contribution in [-0.2, 0) is 7.05 Å². The molecule has 3 aromatic rings. The third kappa shape index (κ3) is 2.57. The number of carbonyl (C=O) groups excluding carboxylic acids is 1. The van der Waals surface area contributed by atoms with E-state index in [1.807, 2.05) is 11.6 Å². The van der Waals surface area contributed by atoms with Crippen molar-refractivity contribution in [2.24, 2.45) is 7.05 Å². The van der Waals surface area contributed by atoms with Crippen molar-refractivity contribution >= 4 is 61.1 Å². The molecule has 1 amide bonds. The summed E-state index contributed by atoms with van der Waals surface area (Å²) >= 11 is 5.58. The maximum absolute atomic E-state index is 14.6. The van der Waals surface area contributed by atoms with Gasteiger partial charge in [-0.3, -0.25) is 4.79 Å². The molecule has 0 radical (unpaired) electrons. The summed E-state index contributed by atoms with van der Waals surface area (Å²) in [7, 11) is 1.85. The van der Waals surface area contributed by atoms with Gasteiger partial charge in [0.15, 0.2) is 0 Å². The number of hydrogen-bond acceptors (Lipinski definition) is 3. The van der Waals surface area contributed by atoms with Gasteiger partial charge in [-0.2, -0.15) is 0 Å². The molecule has 0 aliphatic rings. The molecule has 1 aromatic carbocycles. The Balaban J connectivity index is 2.17. The number of hydrogen-bond donors (Lipinski definition) is 2. The van der Waals surface area contributed by atoms with Crippen molar-refractivity contribution in [2.75, 3.05) is 12.7 Å². The molecule has 2 heterocycles. The summed E-state index contributed by atoms with van der Waals surface area (Å²) < 4.78 is 39.2. The summed E-state index contributed by atoms with van der Waals surface area (Å²) in [5.74, 6) is -1.54. The summed E-state index contributed by atoms with van der Waals surface area (Å²) in [5.41, 5.74) is 7.71. The molecule has 0 aliphatic heterocycles. The van der Waals surface area contributed by atoms with Crippen LogP contribution in [0, 0.1) is 9.52 Å². The first-order valence-corrected chi connectivity index (χ1v) is 8.58. The Morgan fingerprint density at radius 2 is 2.29 bits per heavy atom. The highest BCUT2D eigenvalue weighted by Crippen LogP contribution is 2.40. The van der Waals surface area contributed by atoms with Gasteiger partial charge >= 0.3 is 0 Å². The van der Waals surface area contributed by atoms with E-state index in [2.05, 4.69) is 43.5 Å². The Hall–Kier alpha value is -1.68. The minimum atomic E-state index is -2.69. The summed E-state index contributed by atoms with van der Waals surface area (Å²) in [6.07, 6.45) is 1.60. The summed E-state index contributed by atoms with van der Waals surface area (Å²) in [6, 6.07) is 3.99. The maximum atomic E-state index is 14.6. The molecule has 0 saturated carbocycles. The highest BCUT2D eigenvalue weighted by atomic mass is 127. The van der Waals surface area contributed by atoms with Crippen LogP contribution in [-0.4, -0.2) is 22.4 Å². The molecular weight excluding hydrogens is 490 g/mol. The van der Waals surface area contributed by atoms with E-state index in [1.165, 1.54) is 12.1 Å². The number of nitrogens with two attached hydrogens (primary N) is 1. The molecule has 8 heteroatoms. The van der Waals surface area contributed by atoms with E-state index in [1.54, 1.807) is 17.6 Å². The van der Waals surface area contributed by atoms with Gasteiger partial charge in [0.2, 0.25) is 0 Å². The smallest absolute Gasteiger partial charge is 0.253 e. The van der Waals surface area contributed by atoms with Gasteiger partial charge in [-0.05, 0) is 56.2 Å². The number of nitrogens with zero attached hydrogens (tertiary/aromatic N) is 2. The molecule has 0 saturated heterocycles. The van der Waals surface area contributed by atoms with Gasteiger partial charge < -0.3 is 15.6 Å². The lowest BCUT2D eigenvalue weighted by Crippen LogP contribution is -2.19. The van der Waals surface area contributed by atoms with Crippen molar-refractivity contribution in [3.63, 3.8) is 0 Å². The Labute approximate surface area is 163 Å². The largest absolute Gasteiger partial charge is 0.383 e. The van der Waals surface area contributed by atoms with Gasteiger partial charge in [0.1, 0.15) is 11.6 Å². The SMILES string of the molecule is [2H]C([2H])([2H])NC(=O)c1ccc(-c2c(I)n(C)c3c(Br)cnc(N)c23)cc1F. The van der Waals surface area contributed by atoms with Crippen molar-refractivity contribution in [2.45, 2.75) is 0 Å². The van der Waals surface area contributed by atoms with Crippen molar-refractivity contribution < 1.29 is 13.3 Å². The molecule has 124 valence electrons. The van der Waals surface area contributed by atoms with E-state index >= 15 is 0 Å². The first-order chi connectivity index (χ1) is 12.5. The Kier molecular flexibility index (Phi) is 3.58. The quantitative estimate of drug-likeness (QED) is 0.522. The van der Waals surface area contributed by atoms with Gasteiger partial charge in [-0.25, -0.2) is 9.37 Å². The van der Waals surface area contributed by atoms with E-state index in [0.717, 1.165) is 13.7 Å². The number of fused-ring (bicyclic) bond motifs is 1. The normalized spacial score (nSPS) is 13.4. The molecule has 0 unspecified atom stereocenters. The van der Waals surface area contributed by atoms with Crippen LogP contribution in [0.1, 0.15) is 14.5 Å². The Bertz CT molecular complexity index is 1080. The number of halogens is 3. The van der Waals surface area contributed by atoms with Crippen LogP contribution in [0.5, 0.6) is 0 Å². The number of carbonyl (C=O) groups is 1. The number of aromatic nitrogens is 2. The molecule has 24 heavy (non-hydrogen) atoms. The van der Waals surface area contributed by atoms with Crippen LogP contribution in [0.2, 0.25) is 0 Å². The van der Waals surface area contributed by atoms with Gasteiger partial charge in [0.25, 0.3) is 5.91 Å². The fourth-order valence-electron chi connectivity index (χ4n) is 2.62. The van der Waals surface area contributed by atoms with Crippen molar-refractivity contribution in [3.8, 4) is 11.1 Å². The van der Waals surface area contributed by atoms with Crippen molar-refractivity contribution in [1.82, 2.24) is 14.9 Å². The maximum Gasteiger partial charge on any atom is 0.253 e. The van der Waals surface area contributed by atoms with E-state index in [0.29, 0.717) is 22.3 Å². The predicted octanol–water partition coefficient (Wildman–Crippen LogP) is 3.69. The lowest BCUT2D eigenvalue weighted by atomic mass is 10.0. The topological polar surface area (TPSA) is 72.9 Å². The number of nitrogen functional groups attached to an aromatic ring is 1. The lowest BCUT2D eigenvalue weighted by molar-refractivity contribution is 0.0959. The summed E-state index contributed by atoms with van der Waals surface area (Å²) in [4.78, 5) is 16.1. The zero-order chi connectivity index (χ0) is 20.1. The molecule has 0 atom stereocenters. The van der Waals surface area contributed by atoms with E-state index in [-0.39, 0.29) is 5.56 Å². The number of amides is 1. The van der Waals surface area contributed by atoms with Crippen LogP contribution in [0.3, 0.4) is 0 Å². The highest BCUT2D eigenvalue weighted by Gasteiger charge is 2.21. The minimum absolute atomic E-state index is 0.298. The molecule has 5 nitrogen and oxygen atoms in total. The van der Waals surface area contributed by atoms with E-state index in [9.17, 15) is 9.18 Å². The fourth-order valence-corrected chi connectivity index (χ4v) is 4.01. The van der Waals surface area contributed by atoms with Gasteiger partial charge in [-0.15, -0.1) is 0 Å². The van der Waals surface area contributed by atoms with Crippen LogP contribution in [0.15, 0.2) is 28.9 Å². The van der Waals surface area contributed by atoms with Crippen LogP contribution in [0.25, 0.3) is 22.0 Å². The number of benzene rings is 1. The number of anilines is 1. The monoisotopic (exact) mass is 505 g/mol. The lowest BCUT2D eigenvalue weighted by Gasteiger charge is -2.07. The number of rotatable bonds is 2. The van der Waals surface area contributed by atoms with Crippen LogP contribution < -0.4 is 11.1 Å². The standard InChI is InChI=1S/C16H13BrFIN4O/c1-21-16(24)8-4-3-7(5-10(8)18)11-12-13(23(2)14(11)19)9(17)6-22-15(12)20/h3-6H,1-2H3,(H2,20,22)(H,21,24)/i1D3. The average Bonchev–Trinajstić information content (AvgIpc) is 2.82. The van der Waals surface area contributed by atoms with Crippen molar-refractivity contribution in [1.29, 1.82) is 0 Å². The molecular formula is C16H13BrFIN4O. The van der Waals surface area contributed by atoms with Gasteiger partial charge in [0, 0.05) is 29.9 Å². The number of nitrogens with one attached hydrogen (secondary N) is 1.